The Morgan fingerprint density at radius 3 is 2.38 bits per heavy atom. The summed E-state index contributed by atoms with van der Waals surface area (Å²) in [6.07, 6.45) is 4.87. The summed E-state index contributed by atoms with van der Waals surface area (Å²) in [4.78, 5) is 11.0. The lowest BCUT2D eigenvalue weighted by Crippen LogP contribution is -1.91. The molecule has 16 heavy (non-hydrogen) atoms. The van der Waals surface area contributed by atoms with Crippen LogP contribution in [0, 0.1) is 0 Å². The van der Waals surface area contributed by atoms with E-state index in [1.54, 1.807) is 0 Å². The van der Waals surface area contributed by atoms with Crippen LogP contribution >= 0.6 is 0 Å². The van der Waals surface area contributed by atoms with Crippen molar-refractivity contribution in [1.82, 2.24) is 0 Å². The molecule has 0 aliphatic heterocycles. The molecule has 0 unspecified atom stereocenters. The van der Waals surface area contributed by atoms with Crippen molar-refractivity contribution < 1.29 is 4.79 Å². The maximum Gasteiger partial charge on any atom is 0.155 e. The molecule has 0 heterocycles. The first kappa shape index (κ1) is 12.4. The standard InChI is InChI=1S/C15H18O/c1-3-15(16)12-8-7-9-13(2)14-10-5-4-6-11-14/h3-6,10-11H,1-2,7-9,12H2. The molecule has 0 radical (unpaired) electrons. The average Bonchev–Trinajstić information content (AvgIpc) is 2.35. The summed E-state index contributed by atoms with van der Waals surface area (Å²) in [7, 11) is 0. The topological polar surface area (TPSA) is 17.1 Å². The van der Waals surface area contributed by atoms with E-state index in [2.05, 4.69) is 25.3 Å². The van der Waals surface area contributed by atoms with Crippen molar-refractivity contribution in [1.29, 1.82) is 0 Å². The highest BCUT2D eigenvalue weighted by Crippen LogP contribution is 2.18. The van der Waals surface area contributed by atoms with E-state index >= 15 is 0 Å². The molecule has 0 spiro atoms. The third-order valence-electron chi connectivity index (χ3n) is 2.56. The molecule has 1 nitrogen and oxygen atoms in total. The Bertz CT molecular complexity index is 362. The summed E-state index contributed by atoms with van der Waals surface area (Å²) in [6.45, 7) is 7.51. The summed E-state index contributed by atoms with van der Waals surface area (Å²) in [5.74, 6) is 0.130. The zero-order valence-corrected chi connectivity index (χ0v) is 9.61. The predicted molar refractivity (Wildman–Crippen MR) is 69.1 cm³/mol. The first-order valence-corrected chi connectivity index (χ1v) is 5.62. The molecule has 0 saturated heterocycles. The van der Waals surface area contributed by atoms with Crippen LogP contribution in [0.5, 0.6) is 0 Å². The molecule has 1 heteroatoms. The third-order valence-corrected chi connectivity index (χ3v) is 2.56. The van der Waals surface area contributed by atoms with E-state index in [0.717, 1.165) is 24.8 Å². The van der Waals surface area contributed by atoms with Crippen LogP contribution in [0.25, 0.3) is 5.57 Å². The molecule has 1 rings (SSSR count). The molecule has 0 aromatic heterocycles. The number of ketones is 1. The molecule has 1 aromatic carbocycles. The highest BCUT2D eigenvalue weighted by Gasteiger charge is 1.99. The summed E-state index contributed by atoms with van der Waals surface area (Å²) < 4.78 is 0. The maximum atomic E-state index is 11.0. The molecule has 0 amide bonds. The SMILES string of the molecule is C=CC(=O)CCCCC(=C)c1ccccc1. The Morgan fingerprint density at radius 2 is 1.75 bits per heavy atom. The Kier molecular flexibility index (Phi) is 5.27. The zero-order valence-electron chi connectivity index (χ0n) is 9.61. The lowest BCUT2D eigenvalue weighted by atomic mass is 10.0. The number of rotatable bonds is 7. The third kappa shape index (κ3) is 4.26. The van der Waals surface area contributed by atoms with Gasteiger partial charge in [-0.15, -0.1) is 0 Å². The highest BCUT2D eigenvalue weighted by atomic mass is 16.1. The first-order valence-electron chi connectivity index (χ1n) is 5.62. The monoisotopic (exact) mass is 214 g/mol. The van der Waals surface area contributed by atoms with Gasteiger partial charge in [0, 0.05) is 6.42 Å². The molecular weight excluding hydrogens is 196 g/mol. The minimum absolute atomic E-state index is 0.130. The fourth-order valence-corrected chi connectivity index (χ4v) is 1.56. The van der Waals surface area contributed by atoms with Crippen LogP contribution in [0.1, 0.15) is 31.2 Å². The van der Waals surface area contributed by atoms with Crippen LogP contribution in [0.15, 0.2) is 49.6 Å². The second-order valence-corrected chi connectivity index (χ2v) is 3.85. The van der Waals surface area contributed by atoms with Gasteiger partial charge in [-0.3, -0.25) is 4.79 Å². The summed E-state index contributed by atoms with van der Waals surface area (Å²) >= 11 is 0. The summed E-state index contributed by atoms with van der Waals surface area (Å²) in [5.41, 5.74) is 2.34. The second kappa shape index (κ2) is 6.78. The van der Waals surface area contributed by atoms with Gasteiger partial charge in [0.1, 0.15) is 0 Å². The number of unbranched alkanes of at least 4 members (excludes halogenated alkanes) is 1. The molecule has 0 atom stereocenters. The van der Waals surface area contributed by atoms with Gasteiger partial charge in [-0.2, -0.15) is 0 Å². The molecule has 0 fully saturated rings. The van der Waals surface area contributed by atoms with Gasteiger partial charge < -0.3 is 0 Å². The van der Waals surface area contributed by atoms with Crippen molar-refractivity contribution in [3.8, 4) is 0 Å². The Morgan fingerprint density at radius 1 is 1.12 bits per heavy atom. The smallest absolute Gasteiger partial charge is 0.155 e. The maximum absolute atomic E-state index is 11.0. The normalized spacial score (nSPS) is 9.75. The minimum Gasteiger partial charge on any atom is -0.295 e. The highest BCUT2D eigenvalue weighted by molar-refractivity contribution is 5.88. The van der Waals surface area contributed by atoms with E-state index < -0.39 is 0 Å². The number of hydrogen-bond donors (Lipinski definition) is 0. The number of carbonyl (C=O) groups excluding carboxylic acids is 1. The number of hydrogen-bond acceptors (Lipinski definition) is 1. The van der Waals surface area contributed by atoms with E-state index in [4.69, 9.17) is 0 Å². The van der Waals surface area contributed by atoms with Crippen LogP contribution in [0.4, 0.5) is 0 Å². The van der Waals surface area contributed by atoms with Crippen LogP contribution < -0.4 is 0 Å². The summed E-state index contributed by atoms with van der Waals surface area (Å²) in [5, 5.41) is 0. The van der Waals surface area contributed by atoms with Crippen molar-refractivity contribution in [3.63, 3.8) is 0 Å². The molecule has 84 valence electrons. The molecule has 1 aromatic rings. The van der Waals surface area contributed by atoms with Gasteiger partial charge in [-0.05, 0) is 36.5 Å². The summed E-state index contributed by atoms with van der Waals surface area (Å²) in [6, 6.07) is 10.2. The van der Waals surface area contributed by atoms with E-state index in [0.29, 0.717) is 6.42 Å². The fourth-order valence-electron chi connectivity index (χ4n) is 1.56. The molecule has 0 saturated carbocycles. The van der Waals surface area contributed by atoms with E-state index in [9.17, 15) is 4.79 Å². The van der Waals surface area contributed by atoms with E-state index in [1.165, 1.54) is 11.6 Å². The lowest BCUT2D eigenvalue weighted by molar-refractivity contribution is -0.114. The van der Waals surface area contributed by atoms with Gasteiger partial charge >= 0.3 is 0 Å². The van der Waals surface area contributed by atoms with Crippen molar-refractivity contribution in [2.75, 3.05) is 0 Å². The lowest BCUT2D eigenvalue weighted by Gasteiger charge is -2.04. The molecule has 0 aliphatic rings. The molecule has 0 N–H and O–H groups in total. The predicted octanol–water partition coefficient (Wildman–Crippen LogP) is 4.02. The van der Waals surface area contributed by atoms with Gasteiger partial charge in [0.15, 0.2) is 5.78 Å². The molecule has 0 aliphatic carbocycles. The molecular formula is C15H18O. The second-order valence-electron chi connectivity index (χ2n) is 3.85. The van der Waals surface area contributed by atoms with Crippen molar-refractivity contribution in [2.24, 2.45) is 0 Å². The van der Waals surface area contributed by atoms with Gasteiger partial charge in [-0.1, -0.05) is 43.5 Å². The Labute approximate surface area is 97.5 Å². The number of allylic oxidation sites excluding steroid dienone is 2. The first-order chi connectivity index (χ1) is 7.74. The fraction of sp³-hybridized carbons (Fsp3) is 0.267. The minimum atomic E-state index is 0.130. The van der Waals surface area contributed by atoms with Gasteiger partial charge in [-0.25, -0.2) is 0 Å². The Balaban J connectivity index is 2.26. The van der Waals surface area contributed by atoms with Crippen LogP contribution in [0.3, 0.4) is 0 Å². The van der Waals surface area contributed by atoms with Gasteiger partial charge in [0.2, 0.25) is 0 Å². The van der Waals surface area contributed by atoms with Crippen molar-refractivity contribution >= 4 is 11.4 Å². The van der Waals surface area contributed by atoms with Gasteiger partial charge in [0.05, 0.1) is 0 Å². The van der Waals surface area contributed by atoms with Crippen LogP contribution in [-0.2, 0) is 4.79 Å². The number of carbonyl (C=O) groups is 1. The van der Waals surface area contributed by atoms with Gasteiger partial charge in [0.25, 0.3) is 0 Å². The largest absolute Gasteiger partial charge is 0.295 e. The van der Waals surface area contributed by atoms with Crippen molar-refractivity contribution in [2.45, 2.75) is 25.7 Å². The average molecular weight is 214 g/mol. The zero-order chi connectivity index (χ0) is 11.8. The van der Waals surface area contributed by atoms with E-state index in [-0.39, 0.29) is 5.78 Å². The van der Waals surface area contributed by atoms with E-state index in [1.807, 2.05) is 18.2 Å². The van der Waals surface area contributed by atoms with Crippen LogP contribution in [0.2, 0.25) is 0 Å². The number of benzene rings is 1. The Hall–Kier alpha value is -1.63. The quantitative estimate of drug-likeness (QED) is 0.495. The molecule has 0 bridgehead atoms. The van der Waals surface area contributed by atoms with Crippen LogP contribution in [-0.4, -0.2) is 5.78 Å². The van der Waals surface area contributed by atoms with Crippen molar-refractivity contribution in [3.05, 3.63) is 55.1 Å².